The fourth-order valence-corrected chi connectivity index (χ4v) is 4.66. The van der Waals surface area contributed by atoms with E-state index in [9.17, 15) is 22.7 Å². The summed E-state index contributed by atoms with van der Waals surface area (Å²) in [6.45, 7) is 2.06. The van der Waals surface area contributed by atoms with E-state index in [-0.39, 0.29) is 41.9 Å². The predicted molar refractivity (Wildman–Crippen MR) is 130 cm³/mol. The first kappa shape index (κ1) is 25.0. The van der Waals surface area contributed by atoms with Crippen molar-refractivity contribution in [2.45, 2.75) is 38.5 Å². The number of ether oxygens (including phenoxy) is 1. The van der Waals surface area contributed by atoms with E-state index in [0.29, 0.717) is 16.7 Å². The average Bonchev–Trinajstić information content (AvgIpc) is 2.88. The van der Waals surface area contributed by atoms with Gasteiger partial charge in [-0.25, -0.2) is 13.2 Å². The van der Waals surface area contributed by atoms with Crippen molar-refractivity contribution < 1.29 is 27.4 Å². The molecule has 4 rings (SSSR count). The Labute approximate surface area is 202 Å². The minimum atomic E-state index is -1.04. The number of halogens is 4. The third-order valence-corrected chi connectivity index (χ3v) is 6.71. The number of hydrogen-bond acceptors (Lipinski definition) is 2. The van der Waals surface area contributed by atoms with Crippen LogP contribution in [-0.2, 0) is 0 Å². The van der Waals surface area contributed by atoms with Crippen molar-refractivity contribution in [3.8, 4) is 16.9 Å². The summed E-state index contributed by atoms with van der Waals surface area (Å²) < 4.78 is 63.3. The fraction of sp³-hybridized carbons (Fsp3) is 0.310. The maximum Gasteiger partial charge on any atom is 0.201 e. The van der Waals surface area contributed by atoms with Crippen molar-refractivity contribution in [3.05, 3.63) is 88.5 Å². The van der Waals surface area contributed by atoms with Crippen LogP contribution in [0.3, 0.4) is 0 Å². The maximum absolute atomic E-state index is 15.0. The number of hydrogen-bond donors (Lipinski definition) is 1. The molecule has 1 saturated carbocycles. The molecular weight excluding hydrogens is 456 g/mol. The Kier molecular flexibility index (Phi) is 7.91. The summed E-state index contributed by atoms with van der Waals surface area (Å²) in [5.74, 6) is -3.64. The summed E-state index contributed by atoms with van der Waals surface area (Å²) in [5, 5.41) is 9.30. The zero-order valence-electron chi connectivity index (χ0n) is 19.5. The SMILES string of the molecule is CCOc1ccc(/C=C/c2ccc(-c3ccc(C4CCC(CO)CC4)c(F)c3F)cc2)c(F)c1F. The smallest absolute Gasteiger partial charge is 0.201 e. The minimum absolute atomic E-state index is 0.0401. The molecule has 0 aliphatic heterocycles. The summed E-state index contributed by atoms with van der Waals surface area (Å²) in [5.41, 5.74) is 1.86. The Balaban J connectivity index is 1.50. The Hall–Kier alpha value is -3.12. The molecule has 3 aromatic carbocycles. The van der Waals surface area contributed by atoms with Crippen LogP contribution in [0.15, 0.2) is 48.5 Å². The first-order valence-electron chi connectivity index (χ1n) is 11.9. The lowest BCUT2D eigenvalue weighted by Crippen LogP contribution is -2.17. The highest BCUT2D eigenvalue weighted by Gasteiger charge is 2.26. The zero-order valence-corrected chi connectivity index (χ0v) is 19.5. The molecule has 0 aromatic heterocycles. The molecule has 0 amide bonds. The van der Waals surface area contributed by atoms with Gasteiger partial charge in [0.1, 0.15) is 0 Å². The Morgan fingerprint density at radius 1 is 0.800 bits per heavy atom. The van der Waals surface area contributed by atoms with Gasteiger partial charge in [-0.3, -0.25) is 0 Å². The van der Waals surface area contributed by atoms with E-state index < -0.39 is 23.3 Å². The van der Waals surface area contributed by atoms with Gasteiger partial charge in [0.2, 0.25) is 5.82 Å². The normalized spacial score (nSPS) is 18.2. The van der Waals surface area contributed by atoms with Crippen molar-refractivity contribution in [2.75, 3.05) is 13.2 Å². The van der Waals surface area contributed by atoms with Crippen molar-refractivity contribution in [3.63, 3.8) is 0 Å². The van der Waals surface area contributed by atoms with Gasteiger partial charge < -0.3 is 9.84 Å². The van der Waals surface area contributed by atoms with E-state index in [0.717, 1.165) is 25.7 Å². The van der Waals surface area contributed by atoms with Gasteiger partial charge in [0, 0.05) is 17.7 Å². The highest BCUT2D eigenvalue weighted by atomic mass is 19.2. The molecule has 1 fully saturated rings. The lowest BCUT2D eigenvalue weighted by molar-refractivity contribution is 0.181. The van der Waals surface area contributed by atoms with Crippen LogP contribution in [0.1, 0.15) is 55.2 Å². The average molecular weight is 485 g/mol. The fourth-order valence-electron chi connectivity index (χ4n) is 4.66. The van der Waals surface area contributed by atoms with Crippen LogP contribution in [-0.4, -0.2) is 18.3 Å². The molecule has 0 heterocycles. The van der Waals surface area contributed by atoms with Crippen LogP contribution < -0.4 is 4.74 Å². The first-order chi connectivity index (χ1) is 16.9. The van der Waals surface area contributed by atoms with Crippen LogP contribution in [0.5, 0.6) is 5.75 Å². The minimum Gasteiger partial charge on any atom is -0.491 e. The molecule has 0 atom stereocenters. The Bertz CT molecular complexity index is 1200. The van der Waals surface area contributed by atoms with Gasteiger partial charge in [-0.1, -0.05) is 48.6 Å². The molecule has 3 aromatic rings. The zero-order chi connectivity index (χ0) is 24.9. The standard InChI is InChI=1S/C29H28F4O2/c1-2-35-25-16-13-22(26(30)29(25)33)12-5-18-3-8-20(9-4-18)23-14-15-24(28(32)27(23)31)21-10-6-19(17-34)7-11-21/h3-5,8-9,12-16,19,21,34H,2,6-7,10-11,17H2,1H3/b12-5+. The van der Waals surface area contributed by atoms with Gasteiger partial charge in [0.05, 0.1) is 6.61 Å². The number of rotatable bonds is 7. The summed E-state index contributed by atoms with van der Waals surface area (Å²) in [4.78, 5) is 0. The molecule has 1 aliphatic carbocycles. The van der Waals surface area contributed by atoms with Gasteiger partial charge in [0.25, 0.3) is 0 Å². The van der Waals surface area contributed by atoms with Gasteiger partial charge in [-0.2, -0.15) is 4.39 Å². The van der Waals surface area contributed by atoms with Crippen molar-refractivity contribution >= 4 is 12.2 Å². The largest absolute Gasteiger partial charge is 0.491 e. The highest BCUT2D eigenvalue weighted by Crippen LogP contribution is 2.38. The molecule has 0 unspecified atom stereocenters. The predicted octanol–water partition coefficient (Wildman–Crippen LogP) is 7.75. The Morgan fingerprint density at radius 2 is 1.51 bits per heavy atom. The van der Waals surface area contributed by atoms with E-state index in [1.807, 2.05) is 0 Å². The molecule has 0 radical (unpaired) electrons. The van der Waals surface area contributed by atoms with E-state index in [2.05, 4.69) is 0 Å². The van der Waals surface area contributed by atoms with Gasteiger partial charge in [-0.15, -0.1) is 0 Å². The van der Waals surface area contributed by atoms with Gasteiger partial charge in [-0.05, 0) is 73.3 Å². The second kappa shape index (κ2) is 11.1. The molecule has 1 N–H and O–H groups in total. The quantitative estimate of drug-likeness (QED) is 0.274. The summed E-state index contributed by atoms with van der Waals surface area (Å²) in [6.07, 6.45) is 6.16. The van der Waals surface area contributed by atoms with Crippen LogP contribution >= 0.6 is 0 Å². The number of benzene rings is 3. The number of aliphatic hydroxyl groups is 1. The second-order valence-electron chi connectivity index (χ2n) is 8.90. The van der Waals surface area contributed by atoms with Crippen LogP contribution in [0, 0.1) is 29.2 Å². The monoisotopic (exact) mass is 484 g/mol. The van der Waals surface area contributed by atoms with Crippen molar-refractivity contribution in [2.24, 2.45) is 5.92 Å². The second-order valence-corrected chi connectivity index (χ2v) is 8.90. The Morgan fingerprint density at radius 3 is 2.17 bits per heavy atom. The topological polar surface area (TPSA) is 29.5 Å². The molecule has 2 nitrogen and oxygen atoms in total. The van der Waals surface area contributed by atoms with Crippen LogP contribution in [0.4, 0.5) is 17.6 Å². The first-order valence-corrected chi connectivity index (χ1v) is 11.9. The number of aliphatic hydroxyl groups excluding tert-OH is 1. The van der Waals surface area contributed by atoms with E-state index in [1.165, 1.54) is 18.2 Å². The summed E-state index contributed by atoms with van der Waals surface area (Å²) in [7, 11) is 0. The lowest BCUT2D eigenvalue weighted by atomic mass is 9.78. The van der Waals surface area contributed by atoms with E-state index in [1.54, 1.807) is 49.4 Å². The third-order valence-electron chi connectivity index (χ3n) is 6.71. The third kappa shape index (κ3) is 5.43. The molecular formula is C29H28F4O2. The molecule has 0 saturated heterocycles. The molecule has 184 valence electrons. The van der Waals surface area contributed by atoms with E-state index in [4.69, 9.17) is 4.74 Å². The highest BCUT2D eigenvalue weighted by molar-refractivity contribution is 5.73. The molecule has 6 heteroatoms. The van der Waals surface area contributed by atoms with Crippen molar-refractivity contribution in [1.82, 2.24) is 0 Å². The summed E-state index contributed by atoms with van der Waals surface area (Å²) in [6, 6.07) is 12.8. The van der Waals surface area contributed by atoms with E-state index >= 15 is 0 Å². The molecule has 0 bridgehead atoms. The molecule has 0 spiro atoms. The van der Waals surface area contributed by atoms with Gasteiger partial charge in [0.15, 0.2) is 23.2 Å². The summed E-state index contributed by atoms with van der Waals surface area (Å²) >= 11 is 0. The molecule has 35 heavy (non-hydrogen) atoms. The van der Waals surface area contributed by atoms with Crippen LogP contribution in [0.25, 0.3) is 23.3 Å². The van der Waals surface area contributed by atoms with Crippen molar-refractivity contribution in [1.29, 1.82) is 0 Å². The maximum atomic E-state index is 15.0. The lowest BCUT2D eigenvalue weighted by Gasteiger charge is -2.28. The molecule has 1 aliphatic rings. The van der Waals surface area contributed by atoms with Crippen LogP contribution in [0.2, 0.25) is 0 Å². The van der Waals surface area contributed by atoms with Gasteiger partial charge >= 0.3 is 0 Å².